The number of rotatable bonds is 5. The summed E-state index contributed by atoms with van der Waals surface area (Å²) < 4.78 is 32.2. The van der Waals surface area contributed by atoms with Crippen molar-refractivity contribution in [1.82, 2.24) is 0 Å². The lowest BCUT2D eigenvalue weighted by atomic mass is 10.2. The van der Waals surface area contributed by atoms with Crippen LogP contribution in [0.1, 0.15) is 12.5 Å². The lowest BCUT2D eigenvalue weighted by Crippen LogP contribution is -2.14. The van der Waals surface area contributed by atoms with Crippen molar-refractivity contribution in [2.75, 3.05) is 13.7 Å². The zero-order chi connectivity index (χ0) is 12.2. The van der Waals surface area contributed by atoms with E-state index in [2.05, 4.69) is 0 Å². The predicted molar refractivity (Wildman–Crippen MR) is 61.0 cm³/mol. The zero-order valence-corrected chi connectivity index (χ0v) is 10.1. The summed E-state index contributed by atoms with van der Waals surface area (Å²) in [6, 6.07) is 4.93. The minimum atomic E-state index is -3.52. The summed E-state index contributed by atoms with van der Waals surface area (Å²) in [5.74, 6) is 0.877. The van der Waals surface area contributed by atoms with Crippen LogP contribution in [0.4, 0.5) is 0 Å². The van der Waals surface area contributed by atoms with Crippen molar-refractivity contribution in [3.63, 3.8) is 0 Å². The predicted octanol–water partition coefficient (Wildman–Crippen LogP) is 0.882. The molecule has 1 rings (SSSR count). The second-order valence-electron chi connectivity index (χ2n) is 3.23. The zero-order valence-electron chi connectivity index (χ0n) is 9.26. The van der Waals surface area contributed by atoms with E-state index in [0.717, 1.165) is 0 Å². The Kier molecular flexibility index (Phi) is 4.14. The van der Waals surface area contributed by atoms with Crippen LogP contribution in [-0.2, 0) is 15.8 Å². The lowest BCUT2D eigenvalue weighted by molar-refractivity contribution is 0.311. The van der Waals surface area contributed by atoms with Gasteiger partial charge in [0.05, 0.1) is 19.5 Å². The van der Waals surface area contributed by atoms with E-state index in [1.807, 2.05) is 6.92 Å². The van der Waals surface area contributed by atoms with E-state index >= 15 is 0 Å². The van der Waals surface area contributed by atoms with Crippen molar-refractivity contribution in [2.24, 2.45) is 5.14 Å². The standard InChI is InChI=1S/C10H15NO4S/c1-3-15-9-5-4-8(6-10(9)14-2)7-16(11,12)13/h4-6H,3,7H2,1-2H3,(H2,11,12,13). The highest BCUT2D eigenvalue weighted by atomic mass is 32.2. The van der Waals surface area contributed by atoms with E-state index in [0.29, 0.717) is 23.7 Å². The maximum Gasteiger partial charge on any atom is 0.213 e. The van der Waals surface area contributed by atoms with Gasteiger partial charge in [0.15, 0.2) is 11.5 Å². The average molecular weight is 245 g/mol. The quantitative estimate of drug-likeness (QED) is 0.835. The minimum Gasteiger partial charge on any atom is -0.493 e. The number of primary sulfonamides is 1. The first-order valence-corrected chi connectivity index (χ1v) is 6.48. The van der Waals surface area contributed by atoms with Crippen molar-refractivity contribution in [3.05, 3.63) is 23.8 Å². The normalized spacial score (nSPS) is 11.2. The minimum absolute atomic E-state index is 0.213. The van der Waals surface area contributed by atoms with Crippen molar-refractivity contribution in [2.45, 2.75) is 12.7 Å². The van der Waals surface area contributed by atoms with Crippen LogP contribution in [0.25, 0.3) is 0 Å². The first-order chi connectivity index (χ1) is 7.46. The van der Waals surface area contributed by atoms with Gasteiger partial charge in [-0.15, -0.1) is 0 Å². The molecule has 0 spiro atoms. The number of hydrogen-bond donors (Lipinski definition) is 1. The number of methoxy groups -OCH3 is 1. The number of hydrogen-bond acceptors (Lipinski definition) is 4. The van der Waals surface area contributed by atoms with E-state index in [1.165, 1.54) is 7.11 Å². The molecule has 0 aliphatic heterocycles. The molecule has 0 unspecified atom stereocenters. The SMILES string of the molecule is CCOc1ccc(CS(N)(=O)=O)cc1OC. The summed E-state index contributed by atoms with van der Waals surface area (Å²) in [6.45, 7) is 2.38. The molecule has 0 atom stereocenters. The molecule has 90 valence electrons. The Morgan fingerprint density at radius 1 is 1.31 bits per heavy atom. The first-order valence-electron chi connectivity index (χ1n) is 4.76. The van der Waals surface area contributed by atoms with Crippen LogP contribution >= 0.6 is 0 Å². The Labute approximate surface area is 95.2 Å². The summed E-state index contributed by atoms with van der Waals surface area (Å²) in [6.07, 6.45) is 0. The fourth-order valence-electron chi connectivity index (χ4n) is 1.31. The molecule has 0 heterocycles. The average Bonchev–Trinajstić information content (AvgIpc) is 2.18. The van der Waals surface area contributed by atoms with Crippen LogP contribution in [0, 0.1) is 0 Å². The molecule has 0 aliphatic carbocycles. The van der Waals surface area contributed by atoms with Crippen molar-refractivity contribution < 1.29 is 17.9 Å². The van der Waals surface area contributed by atoms with Gasteiger partial charge in [0.25, 0.3) is 0 Å². The summed E-state index contributed by atoms with van der Waals surface area (Å²) in [5.41, 5.74) is 0.572. The Hall–Kier alpha value is -1.27. The Morgan fingerprint density at radius 2 is 2.00 bits per heavy atom. The number of nitrogens with two attached hydrogens (primary N) is 1. The molecule has 0 amide bonds. The van der Waals surface area contributed by atoms with Crippen molar-refractivity contribution >= 4 is 10.0 Å². The summed E-state index contributed by atoms with van der Waals surface area (Å²) >= 11 is 0. The summed E-state index contributed by atoms with van der Waals surface area (Å²) in [7, 11) is -2.03. The van der Waals surface area contributed by atoms with Crippen LogP contribution in [0.5, 0.6) is 11.5 Å². The molecule has 0 aliphatic rings. The van der Waals surface area contributed by atoms with Crippen LogP contribution < -0.4 is 14.6 Å². The van der Waals surface area contributed by atoms with Crippen molar-refractivity contribution in [3.8, 4) is 11.5 Å². The Balaban J connectivity index is 2.99. The molecule has 1 aromatic carbocycles. The molecule has 5 nitrogen and oxygen atoms in total. The topological polar surface area (TPSA) is 78.6 Å². The molecular weight excluding hydrogens is 230 g/mol. The molecule has 0 bridgehead atoms. The maximum absolute atomic E-state index is 10.9. The molecule has 0 fully saturated rings. The van der Waals surface area contributed by atoms with E-state index < -0.39 is 10.0 Å². The van der Waals surface area contributed by atoms with Gasteiger partial charge in [-0.1, -0.05) is 6.07 Å². The van der Waals surface area contributed by atoms with Gasteiger partial charge in [0.2, 0.25) is 10.0 Å². The summed E-state index contributed by atoms with van der Waals surface area (Å²) in [4.78, 5) is 0. The smallest absolute Gasteiger partial charge is 0.213 e. The fourth-order valence-corrected chi connectivity index (χ4v) is 1.95. The Morgan fingerprint density at radius 3 is 2.50 bits per heavy atom. The van der Waals surface area contributed by atoms with Crippen LogP contribution in [-0.4, -0.2) is 22.1 Å². The van der Waals surface area contributed by atoms with Crippen LogP contribution in [0.3, 0.4) is 0 Å². The Bertz CT molecular complexity index is 456. The first kappa shape index (κ1) is 12.8. The van der Waals surface area contributed by atoms with E-state index in [9.17, 15) is 8.42 Å². The third kappa shape index (κ3) is 3.71. The monoisotopic (exact) mass is 245 g/mol. The second-order valence-corrected chi connectivity index (χ2v) is 4.84. The molecule has 0 aromatic heterocycles. The lowest BCUT2D eigenvalue weighted by Gasteiger charge is -2.10. The van der Waals surface area contributed by atoms with E-state index in [-0.39, 0.29) is 5.75 Å². The fraction of sp³-hybridized carbons (Fsp3) is 0.400. The molecule has 6 heteroatoms. The molecule has 0 saturated carbocycles. The highest BCUT2D eigenvalue weighted by molar-refractivity contribution is 7.88. The van der Waals surface area contributed by atoms with Crippen molar-refractivity contribution in [1.29, 1.82) is 0 Å². The third-order valence-corrected chi connectivity index (χ3v) is 2.63. The van der Waals surface area contributed by atoms with Gasteiger partial charge in [0, 0.05) is 0 Å². The summed E-state index contributed by atoms with van der Waals surface area (Å²) in [5, 5.41) is 4.96. The molecule has 0 saturated heterocycles. The molecule has 1 aromatic rings. The molecule has 2 N–H and O–H groups in total. The number of sulfonamides is 1. The van der Waals surface area contributed by atoms with E-state index in [4.69, 9.17) is 14.6 Å². The maximum atomic E-state index is 10.9. The van der Waals surface area contributed by atoms with E-state index in [1.54, 1.807) is 18.2 Å². The largest absolute Gasteiger partial charge is 0.493 e. The van der Waals surface area contributed by atoms with Gasteiger partial charge < -0.3 is 9.47 Å². The second kappa shape index (κ2) is 5.18. The number of ether oxygens (including phenoxy) is 2. The third-order valence-electron chi connectivity index (χ3n) is 1.90. The molecular formula is C10H15NO4S. The van der Waals surface area contributed by atoms with Gasteiger partial charge >= 0.3 is 0 Å². The molecule has 16 heavy (non-hydrogen) atoms. The highest BCUT2D eigenvalue weighted by Gasteiger charge is 2.09. The number of benzene rings is 1. The highest BCUT2D eigenvalue weighted by Crippen LogP contribution is 2.28. The van der Waals surface area contributed by atoms with Gasteiger partial charge in [-0.2, -0.15) is 0 Å². The van der Waals surface area contributed by atoms with Gasteiger partial charge in [-0.25, -0.2) is 13.6 Å². The van der Waals surface area contributed by atoms with Gasteiger partial charge in [-0.05, 0) is 24.6 Å². The van der Waals surface area contributed by atoms with Gasteiger partial charge in [-0.3, -0.25) is 0 Å². The molecule has 0 radical (unpaired) electrons. The van der Waals surface area contributed by atoms with Crippen LogP contribution in [0.2, 0.25) is 0 Å². The van der Waals surface area contributed by atoms with Gasteiger partial charge in [0.1, 0.15) is 0 Å². The van der Waals surface area contributed by atoms with Crippen LogP contribution in [0.15, 0.2) is 18.2 Å².